The van der Waals surface area contributed by atoms with Gasteiger partial charge in [-0.3, -0.25) is 4.79 Å². The summed E-state index contributed by atoms with van der Waals surface area (Å²) < 4.78 is 7.72. The van der Waals surface area contributed by atoms with Gasteiger partial charge in [-0.05, 0) is 74.4 Å². The van der Waals surface area contributed by atoms with Gasteiger partial charge in [-0.2, -0.15) is 0 Å². The molecule has 2 unspecified atom stereocenters. The maximum atomic E-state index is 13.3. The lowest BCUT2D eigenvalue weighted by Crippen LogP contribution is -2.44. The Labute approximate surface area is 233 Å². The van der Waals surface area contributed by atoms with Crippen LogP contribution in [0.3, 0.4) is 0 Å². The zero-order chi connectivity index (χ0) is 27.5. The number of aromatic nitrogens is 2. The normalized spacial score (nSPS) is 20.0. The van der Waals surface area contributed by atoms with Crippen molar-refractivity contribution in [1.29, 1.82) is 0 Å². The highest BCUT2D eigenvalue weighted by molar-refractivity contribution is 5.98. The largest absolute Gasteiger partial charge is 0.478 e. The summed E-state index contributed by atoms with van der Waals surface area (Å²) in [7, 11) is 0. The highest BCUT2D eigenvalue weighted by Gasteiger charge is 2.26. The topological polar surface area (TPSA) is 109 Å². The third kappa shape index (κ3) is 5.54. The lowest BCUT2D eigenvalue weighted by molar-refractivity contribution is 0.0694. The third-order valence-electron chi connectivity index (χ3n) is 8.51. The monoisotopic (exact) mass is 540 g/mol. The first kappa shape index (κ1) is 26.3. The minimum atomic E-state index is -0.913. The summed E-state index contributed by atoms with van der Waals surface area (Å²) in [4.78, 5) is 29.9. The molecule has 2 aromatic heterocycles. The highest BCUT2D eigenvalue weighted by atomic mass is 16.4. The summed E-state index contributed by atoms with van der Waals surface area (Å²) in [6, 6.07) is 15.6. The Bertz CT molecular complexity index is 1490. The molecule has 2 aromatic carbocycles. The molecule has 2 atom stereocenters. The van der Waals surface area contributed by atoms with Crippen molar-refractivity contribution in [2.75, 3.05) is 0 Å². The molecule has 0 aliphatic heterocycles. The van der Waals surface area contributed by atoms with E-state index in [1.165, 1.54) is 19.3 Å². The number of amides is 1. The van der Waals surface area contributed by atoms with E-state index in [4.69, 9.17) is 9.40 Å². The number of carboxylic acids is 1. The number of imidazole rings is 1. The van der Waals surface area contributed by atoms with Crippen molar-refractivity contribution in [3.05, 3.63) is 77.7 Å². The Balaban J connectivity index is 1.15. The predicted octanol–water partition coefficient (Wildman–Crippen LogP) is 6.33. The lowest BCUT2D eigenvalue weighted by atomic mass is 9.90. The van der Waals surface area contributed by atoms with Crippen LogP contribution in [0.1, 0.15) is 90.1 Å². The summed E-state index contributed by atoms with van der Waals surface area (Å²) in [5, 5.41) is 16.2. The zero-order valence-corrected chi connectivity index (χ0v) is 22.6. The van der Waals surface area contributed by atoms with E-state index in [1.54, 1.807) is 24.7 Å². The molecule has 2 fully saturated rings. The van der Waals surface area contributed by atoms with Crippen LogP contribution in [0.25, 0.3) is 22.4 Å². The molecule has 4 aromatic rings. The number of nitrogens with zero attached hydrogens (tertiary/aromatic N) is 2. The second-order valence-electron chi connectivity index (χ2n) is 11.2. The predicted molar refractivity (Wildman–Crippen MR) is 153 cm³/mol. The van der Waals surface area contributed by atoms with Crippen molar-refractivity contribution >= 4 is 22.9 Å². The number of nitrogens with one attached hydrogen (secondary N) is 2. The van der Waals surface area contributed by atoms with Gasteiger partial charge in [-0.25, -0.2) is 9.78 Å². The molecule has 8 heteroatoms. The van der Waals surface area contributed by atoms with E-state index in [0.717, 1.165) is 66.5 Å². The molecule has 8 nitrogen and oxygen atoms in total. The van der Waals surface area contributed by atoms with E-state index in [0.29, 0.717) is 23.7 Å². The molecule has 0 saturated heterocycles. The number of aromatic carboxylic acids is 1. The Morgan fingerprint density at radius 2 is 1.80 bits per heavy atom. The number of carbonyl (C=O) groups is 2. The van der Waals surface area contributed by atoms with Crippen LogP contribution in [0.15, 0.2) is 65.5 Å². The highest BCUT2D eigenvalue weighted by Crippen LogP contribution is 2.36. The smallest absolute Gasteiger partial charge is 0.336 e. The Hall–Kier alpha value is -3.91. The fourth-order valence-electron chi connectivity index (χ4n) is 6.46. The number of rotatable bonds is 8. The molecule has 0 radical (unpaired) electrons. The molecule has 2 aliphatic carbocycles. The number of carboxylic acid groups (broad SMARTS) is 1. The Kier molecular flexibility index (Phi) is 7.68. The van der Waals surface area contributed by atoms with Gasteiger partial charge in [-0.15, -0.1) is 0 Å². The summed E-state index contributed by atoms with van der Waals surface area (Å²) >= 11 is 0. The van der Waals surface area contributed by atoms with Crippen LogP contribution >= 0.6 is 0 Å². The molecule has 0 spiro atoms. The maximum absolute atomic E-state index is 13.3. The van der Waals surface area contributed by atoms with Crippen LogP contribution in [0.5, 0.6) is 0 Å². The molecule has 2 saturated carbocycles. The van der Waals surface area contributed by atoms with E-state index in [9.17, 15) is 14.7 Å². The second-order valence-corrected chi connectivity index (χ2v) is 11.2. The van der Waals surface area contributed by atoms with Crippen molar-refractivity contribution in [3.63, 3.8) is 0 Å². The molecule has 6 rings (SSSR count). The summed E-state index contributed by atoms with van der Waals surface area (Å²) in [5.74, 6) is -0.0941. The molecular weight excluding hydrogens is 504 g/mol. The molecule has 208 valence electrons. The van der Waals surface area contributed by atoms with Crippen molar-refractivity contribution in [1.82, 2.24) is 20.2 Å². The van der Waals surface area contributed by atoms with Crippen LogP contribution in [0.4, 0.5) is 0 Å². The van der Waals surface area contributed by atoms with E-state index in [2.05, 4.69) is 15.2 Å². The van der Waals surface area contributed by atoms with Crippen LogP contribution < -0.4 is 10.6 Å². The molecule has 0 bridgehead atoms. The molecular formula is C32H36N4O4. The van der Waals surface area contributed by atoms with Crippen LogP contribution in [0, 0.1) is 0 Å². The zero-order valence-electron chi connectivity index (χ0n) is 22.6. The molecule has 1 amide bonds. The second kappa shape index (κ2) is 11.7. The van der Waals surface area contributed by atoms with Crippen molar-refractivity contribution in [3.8, 4) is 11.4 Å². The van der Waals surface area contributed by atoms with Gasteiger partial charge in [0, 0.05) is 30.2 Å². The van der Waals surface area contributed by atoms with E-state index < -0.39 is 5.97 Å². The van der Waals surface area contributed by atoms with Crippen LogP contribution in [-0.2, 0) is 6.54 Å². The first-order valence-electron chi connectivity index (χ1n) is 14.5. The Morgan fingerprint density at radius 3 is 2.60 bits per heavy atom. The van der Waals surface area contributed by atoms with Gasteiger partial charge in [0.15, 0.2) is 0 Å². The average molecular weight is 541 g/mol. The van der Waals surface area contributed by atoms with Crippen molar-refractivity contribution in [2.24, 2.45) is 0 Å². The van der Waals surface area contributed by atoms with Crippen molar-refractivity contribution < 1.29 is 19.1 Å². The van der Waals surface area contributed by atoms with Crippen LogP contribution in [0.2, 0.25) is 0 Å². The van der Waals surface area contributed by atoms with Gasteiger partial charge in [0.05, 0.1) is 28.4 Å². The summed E-state index contributed by atoms with van der Waals surface area (Å²) in [6.45, 7) is 0.493. The molecule has 2 aliphatic rings. The van der Waals surface area contributed by atoms with Gasteiger partial charge in [0.1, 0.15) is 12.1 Å². The van der Waals surface area contributed by atoms with Gasteiger partial charge in [0.2, 0.25) is 0 Å². The molecule has 2 heterocycles. The molecule has 3 N–H and O–H groups in total. The fraction of sp³-hybridized carbons (Fsp3) is 0.406. The van der Waals surface area contributed by atoms with Gasteiger partial charge < -0.3 is 24.7 Å². The minimum Gasteiger partial charge on any atom is -0.478 e. The lowest BCUT2D eigenvalue weighted by Gasteiger charge is -2.30. The summed E-state index contributed by atoms with van der Waals surface area (Å²) in [5.41, 5.74) is 4.56. The standard InChI is InChI=1S/C32H36N4O4/c37-31(34-25-9-6-8-24(18-25)33-19-22-7-4-5-12-27(22)32(38)39)21-13-14-29-28(17-21)35-30(23-15-16-40-20-23)36(29)26-10-2-1-3-11-26/h4-5,7,12-17,20,24-26,33H,1-3,6,8-11,18-19H2,(H,34,37)(H,38,39). The Morgan fingerprint density at radius 1 is 0.975 bits per heavy atom. The minimum absolute atomic E-state index is 0.0606. The van der Waals surface area contributed by atoms with Gasteiger partial charge in [0.25, 0.3) is 5.91 Å². The van der Waals surface area contributed by atoms with Crippen molar-refractivity contribution in [2.45, 2.75) is 82.5 Å². The number of hydrogen-bond donors (Lipinski definition) is 3. The number of fused-ring (bicyclic) bond motifs is 1. The van der Waals surface area contributed by atoms with E-state index >= 15 is 0 Å². The first-order valence-corrected chi connectivity index (χ1v) is 14.5. The fourth-order valence-corrected chi connectivity index (χ4v) is 6.46. The third-order valence-corrected chi connectivity index (χ3v) is 8.51. The summed E-state index contributed by atoms with van der Waals surface area (Å²) in [6.07, 6.45) is 13.2. The number of hydrogen-bond acceptors (Lipinski definition) is 5. The number of furan rings is 1. The number of benzene rings is 2. The quantitative estimate of drug-likeness (QED) is 0.241. The number of carbonyl (C=O) groups excluding carboxylic acids is 1. The van der Waals surface area contributed by atoms with E-state index in [1.807, 2.05) is 36.4 Å². The molecule has 40 heavy (non-hydrogen) atoms. The van der Waals surface area contributed by atoms with Crippen LogP contribution in [-0.4, -0.2) is 38.6 Å². The maximum Gasteiger partial charge on any atom is 0.336 e. The van der Waals surface area contributed by atoms with Gasteiger partial charge in [-0.1, -0.05) is 37.5 Å². The van der Waals surface area contributed by atoms with Gasteiger partial charge >= 0.3 is 5.97 Å². The SMILES string of the molecule is O=C(NC1CCCC(NCc2ccccc2C(=O)O)C1)c1ccc2c(c1)nc(-c1ccoc1)n2C1CCCCC1. The average Bonchev–Trinajstić information content (AvgIpc) is 3.65. The van der Waals surface area contributed by atoms with E-state index in [-0.39, 0.29) is 18.0 Å². The first-order chi connectivity index (χ1) is 19.6.